The van der Waals surface area contributed by atoms with Crippen molar-refractivity contribution in [2.75, 3.05) is 25.0 Å². The highest BCUT2D eigenvalue weighted by atomic mass is 15.3. The fourth-order valence-electron chi connectivity index (χ4n) is 3.22. The van der Waals surface area contributed by atoms with Crippen LogP contribution in [0.15, 0.2) is 48.7 Å². The number of benzene rings is 1. The van der Waals surface area contributed by atoms with Crippen molar-refractivity contribution in [2.24, 2.45) is 0 Å². The maximum absolute atomic E-state index is 4.76. The van der Waals surface area contributed by atoms with Crippen LogP contribution in [-0.2, 0) is 0 Å². The zero-order valence-corrected chi connectivity index (χ0v) is 13.8. The van der Waals surface area contributed by atoms with E-state index in [0.717, 1.165) is 54.2 Å². The van der Waals surface area contributed by atoms with E-state index in [2.05, 4.69) is 27.3 Å². The molecule has 0 spiro atoms. The van der Waals surface area contributed by atoms with E-state index in [0.29, 0.717) is 6.04 Å². The Morgan fingerprint density at radius 3 is 2.58 bits per heavy atom. The van der Waals surface area contributed by atoms with Gasteiger partial charge in [-0.3, -0.25) is 0 Å². The summed E-state index contributed by atoms with van der Waals surface area (Å²) < 4.78 is 0. The van der Waals surface area contributed by atoms with Crippen LogP contribution < -0.4 is 10.2 Å². The minimum Gasteiger partial charge on any atom is -0.341 e. The van der Waals surface area contributed by atoms with E-state index >= 15 is 0 Å². The van der Waals surface area contributed by atoms with Crippen molar-refractivity contribution >= 4 is 16.9 Å². The van der Waals surface area contributed by atoms with E-state index < -0.39 is 0 Å². The number of aromatic nitrogens is 3. The average Bonchev–Trinajstić information content (AvgIpc) is 2.68. The van der Waals surface area contributed by atoms with Gasteiger partial charge in [-0.1, -0.05) is 24.3 Å². The number of pyridine rings is 1. The SMILES string of the molecule is CNC1CCN(c2nccc(-c3ccc4ccccc4n3)n2)CC1. The van der Waals surface area contributed by atoms with E-state index in [-0.39, 0.29) is 0 Å². The number of fused-ring (bicyclic) bond motifs is 1. The summed E-state index contributed by atoms with van der Waals surface area (Å²) >= 11 is 0. The molecule has 0 atom stereocenters. The summed E-state index contributed by atoms with van der Waals surface area (Å²) in [4.78, 5) is 16.2. The lowest BCUT2D eigenvalue weighted by atomic mass is 10.1. The van der Waals surface area contributed by atoms with E-state index in [4.69, 9.17) is 9.97 Å². The molecule has 5 heteroatoms. The third kappa shape index (κ3) is 2.95. The topological polar surface area (TPSA) is 53.9 Å². The van der Waals surface area contributed by atoms with Crippen molar-refractivity contribution in [3.8, 4) is 11.4 Å². The van der Waals surface area contributed by atoms with Gasteiger partial charge in [0.05, 0.1) is 16.9 Å². The Bertz CT molecular complexity index is 840. The minimum absolute atomic E-state index is 0.603. The molecule has 1 saturated heterocycles. The first-order chi connectivity index (χ1) is 11.8. The van der Waals surface area contributed by atoms with Gasteiger partial charge < -0.3 is 10.2 Å². The molecular formula is C19H21N5. The zero-order chi connectivity index (χ0) is 16.4. The van der Waals surface area contributed by atoms with Gasteiger partial charge in [0.25, 0.3) is 0 Å². The molecule has 2 aromatic heterocycles. The van der Waals surface area contributed by atoms with Crippen molar-refractivity contribution in [1.29, 1.82) is 0 Å². The molecule has 0 unspecified atom stereocenters. The molecular weight excluding hydrogens is 298 g/mol. The predicted molar refractivity (Wildman–Crippen MR) is 97.1 cm³/mol. The molecule has 1 fully saturated rings. The second kappa shape index (κ2) is 6.53. The van der Waals surface area contributed by atoms with Crippen LogP contribution in [0.4, 0.5) is 5.95 Å². The van der Waals surface area contributed by atoms with Crippen molar-refractivity contribution in [1.82, 2.24) is 20.3 Å². The summed E-state index contributed by atoms with van der Waals surface area (Å²) in [6.45, 7) is 1.97. The second-order valence-electron chi connectivity index (χ2n) is 6.18. The van der Waals surface area contributed by atoms with Crippen LogP contribution in [0.5, 0.6) is 0 Å². The normalized spacial score (nSPS) is 15.8. The van der Waals surface area contributed by atoms with Crippen LogP contribution in [0.25, 0.3) is 22.3 Å². The average molecular weight is 319 g/mol. The molecule has 3 heterocycles. The molecule has 0 radical (unpaired) electrons. The van der Waals surface area contributed by atoms with E-state index in [1.54, 1.807) is 0 Å². The fourth-order valence-corrected chi connectivity index (χ4v) is 3.22. The van der Waals surface area contributed by atoms with Gasteiger partial charge in [0.15, 0.2) is 0 Å². The van der Waals surface area contributed by atoms with Crippen molar-refractivity contribution in [3.05, 3.63) is 48.7 Å². The quantitative estimate of drug-likeness (QED) is 0.804. The first-order valence-electron chi connectivity index (χ1n) is 8.45. The molecule has 1 aliphatic rings. The predicted octanol–water partition coefficient (Wildman–Crippen LogP) is 2.88. The number of piperidine rings is 1. The van der Waals surface area contributed by atoms with Gasteiger partial charge in [-0.25, -0.2) is 15.0 Å². The molecule has 4 rings (SSSR count). The van der Waals surface area contributed by atoms with Crippen LogP contribution in [0.2, 0.25) is 0 Å². The minimum atomic E-state index is 0.603. The largest absolute Gasteiger partial charge is 0.341 e. The number of rotatable bonds is 3. The molecule has 0 aliphatic carbocycles. The Kier molecular flexibility index (Phi) is 4.09. The van der Waals surface area contributed by atoms with Crippen LogP contribution >= 0.6 is 0 Å². The van der Waals surface area contributed by atoms with Crippen LogP contribution in [0, 0.1) is 0 Å². The van der Waals surface area contributed by atoms with Crippen LogP contribution in [0.1, 0.15) is 12.8 Å². The van der Waals surface area contributed by atoms with Gasteiger partial charge in [0.2, 0.25) is 5.95 Å². The molecule has 122 valence electrons. The van der Waals surface area contributed by atoms with Crippen LogP contribution in [-0.4, -0.2) is 41.1 Å². The molecule has 24 heavy (non-hydrogen) atoms. The summed E-state index contributed by atoms with van der Waals surface area (Å²) in [6, 6.07) is 14.8. The molecule has 3 aromatic rings. The number of hydrogen-bond donors (Lipinski definition) is 1. The highest BCUT2D eigenvalue weighted by molar-refractivity contribution is 5.81. The highest BCUT2D eigenvalue weighted by Crippen LogP contribution is 2.22. The summed E-state index contributed by atoms with van der Waals surface area (Å²) in [7, 11) is 2.03. The number of nitrogens with zero attached hydrogens (tertiary/aromatic N) is 4. The van der Waals surface area contributed by atoms with Gasteiger partial charge in [0, 0.05) is 30.7 Å². The van der Waals surface area contributed by atoms with E-state index in [1.807, 2.05) is 43.6 Å². The maximum atomic E-state index is 4.76. The van der Waals surface area contributed by atoms with Crippen molar-refractivity contribution < 1.29 is 0 Å². The molecule has 0 bridgehead atoms. The standard InChI is InChI=1S/C19H21N5/c1-20-15-9-12-24(13-10-15)19-21-11-8-18(23-19)17-7-6-14-4-2-3-5-16(14)22-17/h2-8,11,15,20H,9-10,12-13H2,1H3. The fraction of sp³-hybridized carbons (Fsp3) is 0.316. The van der Waals surface area contributed by atoms with Gasteiger partial charge in [0.1, 0.15) is 0 Å². The number of hydrogen-bond acceptors (Lipinski definition) is 5. The van der Waals surface area contributed by atoms with E-state index in [9.17, 15) is 0 Å². The van der Waals surface area contributed by atoms with Gasteiger partial charge in [-0.2, -0.15) is 0 Å². The Hall–Kier alpha value is -2.53. The lowest BCUT2D eigenvalue weighted by molar-refractivity contribution is 0.439. The first kappa shape index (κ1) is 15.0. The zero-order valence-electron chi connectivity index (χ0n) is 13.8. The summed E-state index contributed by atoms with van der Waals surface area (Å²) in [5, 5.41) is 4.50. The van der Waals surface area contributed by atoms with E-state index in [1.165, 1.54) is 0 Å². The van der Waals surface area contributed by atoms with Crippen LogP contribution in [0.3, 0.4) is 0 Å². The Labute approximate surface area is 141 Å². The van der Waals surface area contributed by atoms with Crippen molar-refractivity contribution in [2.45, 2.75) is 18.9 Å². The van der Waals surface area contributed by atoms with Gasteiger partial charge in [-0.05, 0) is 38.1 Å². The maximum Gasteiger partial charge on any atom is 0.225 e. The Balaban J connectivity index is 1.62. The lowest BCUT2D eigenvalue weighted by Crippen LogP contribution is -2.41. The smallest absolute Gasteiger partial charge is 0.225 e. The summed E-state index contributed by atoms with van der Waals surface area (Å²) in [5.74, 6) is 0.803. The molecule has 1 aromatic carbocycles. The monoisotopic (exact) mass is 319 g/mol. The summed E-state index contributed by atoms with van der Waals surface area (Å²) in [5.41, 5.74) is 2.76. The number of para-hydroxylation sites is 1. The second-order valence-corrected chi connectivity index (χ2v) is 6.18. The highest BCUT2D eigenvalue weighted by Gasteiger charge is 2.20. The summed E-state index contributed by atoms with van der Waals surface area (Å²) in [6.07, 6.45) is 4.08. The third-order valence-electron chi connectivity index (χ3n) is 4.69. The number of nitrogens with one attached hydrogen (secondary N) is 1. The Morgan fingerprint density at radius 1 is 0.958 bits per heavy atom. The molecule has 0 saturated carbocycles. The Morgan fingerprint density at radius 2 is 1.75 bits per heavy atom. The molecule has 0 amide bonds. The number of anilines is 1. The first-order valence-corrected chi connectivity index (χ1v) is 8.45. The molecule has 5 nitrogen and oxygen atoms in total. The molecule has 1 N–H and O–H groups in total. The van der Waals surface area contributed by atoms with Crippen molar-refractivity contribution in [3.63, 3.8) is 0 Å². The lowest BCUT2D eigenvalue weighted by Gasteiger charge is -2.31. The van der Waals surface area contributed by atoms with Gasteiger partial charge >= 0.3 is 0 Å². The third-order valence-corrected chi connectivity index (χ3v) is 4.69. The van der Waals surface area contributed by atoms with Gasteiger partial charge in [-0.15, -0.1) is 0 Å². The molecule has 1 aliphatic heterocycles.